The minimum absolute atomic E-state index is 0.113. The molecule has 1 saturated carbocycles. The van der Waals surface area contributed by atoms with Crippen LogP contribution in [0.25, 0.3) is 22.2 Å². The normalized spacial score (nSPS) is 14.4. The summed E-state index contributed by atoms with van der Waals surface area (Å²) in [5.74, 6) is -2.05. The summed E-state index contributed by atoms with van der Waals surface area (Å²) in [5.41, 5.74) is 0.832. The van der Waals surface area contributed by atoms with E-state index < -0.39 is 47.6 Å². The largest absolute Gasteiger partial charge is 0.403 e. The first kappa shape index (κ1) is 27.3. The Kier molecular flexibility index (Phi) is 6.85. The molecule has 40 heavy (non-hydrogen) atoms. The van der Waals surface area contributed by atoms with Crippen LogP contribution >= 0.6 is 0 Å². The van der Waals surface area contributed by atoms with Crippen LogP contribution in [0.15, 0.2) is 60.8 Å². The molecule has 208 valence electrons. The number of rotatable bonds is 7. The van der Waals surface area contributed by atoms with Crippen LogP contribution < -0.4 is 10.6 Å². The molecule has 11 heteroatoms. The lowest BCUT2D eigenvalue weighted by atomic mass is 10.1. The van der Waals surface area contributed by atoms with Crippen molar-refractivity contribution in [3.05, 3.63) is 83.2 Å². The molecular formula is C29H25F5N4O2. The van der Waals surface area contributed by atoms with Gasteiger partial charge in [-0.1, -0.05) is 29.8 Å². The van der Waals surface area contributed by atoms with E-state index in [4.69, 9.17) is 0 Å². The van der Waals surface area contributed by atoms with E-state index in [2.05, 4.69) is 15.6 Å². The van der Waals surface area contributed by atoms with Gasteiger partial charge < -0.3 is 15.2 Å². The van der Waals surface area contributed by atoms with E-state index in [1.807, 2.05) is 48.9 Å². The summed E-state index contributed by atoms with van der Waals surface area (Å²) in [6.07, 6.45) is -7.36. The molecule has 4 aromatic rings. The van der Waals surface area contributed by atoms with E-state index >= 15 is 0 Å². The van der Waals surface area contributed by atoms with Crippen molar-refractivity contribution < 1.29 is 31.5 Å². The van der Waals surface area contributed by atoms with Gasteiger partial charge in [-0.15, -0.1) is 0 Å². The Balaban J connectivity index is 1.36. The Morgan fingerprint density at radius 2 is 1.75 bits per heavy atom. The Bertz CT molecular complexity index is 1610. The SMILES string of the molecule is Cc1ccc(-c2cc3cc(NC(=O)c4cc(CNC(=O)C5(C(F)(F)F)CC5)cnc4C(F)F)ccc3n2C)cc1. The molecule has 2 N–H and O–H groups in total. The average Bonchev–Trinajstić information content (AvgIpc) is 3.67. The van der Waals surface area contributed by atoms with Crippen LogP contribution in [0.3, 0.4) is 0 Å². The molecule has 0 saturated heterocycles. The maximum atomic E-state index is 13.7. The van der Waals surface area contributed by atoms with Crippen molar-refractivity contribution in [2.24, 2.45) is 12.5 Å². The van der Waals surface area contributed by atoms with Crippen LogP contribution in [0.1, 0.15) is 46.4 Å². The number of fused-ring (bicyclic) bond motifs is 1. The number of nitrogens with zero attached hydrogens (tertiary/aromatic N) is 2. The quantitative estimate of drug-likeness (QED) is 0.249. The van der Waals surface area contributed by atoms with E-state index in [0.717, 1.165) is 40.0 Å². The summed E-state index contributed by atoms with van der Waals surface area (Å²) in [7, 11) is 1.92. The number of aryl methyl sites for hydroxylation is 2. The Hall–Kier alpha value is -4.28. The highest BCUT2D eigenvalue weighted by atomic mass is 19.4. The zero-order valence-electron chi connectivity index (χ0n) is 21.6. The van der Waals surface area contributed by atoms with Gasteiger partial charge in [0.25, 0.3) is 12.3 Å². The third-order valence-corrected chi connectivity index (χ3v) is 7.25. The number of carbonyl (C=O) groups is 2. The van der Waals surface area contributed by atoms with Gasteiger partial charge in [-0.2, -0.15) is 13.2 Å². The fourth-order valence-electron chi connectivity index (χ4n) is 4.71. The number of anilines is 1. The van der Waals surface area contributed by atoms with Gasteiger partial charge in [-0.05, 0) is 61.2 Å². The minimum Gasteiger partial charge on any atom is -0.351 e. The Labute approximate surface area is 226 Å². The monoisotopic (exact) mass is 556 g/mol. The van der Waals surface area contributed by atoms with Crippen LogP contribution in [-0.2, 0) is 18.4 Å². The standard InChI is InChI=1S/C29H25F5N4O2/c1-16-3-5-18(6-4-16)23-13-19-12-20(7-8-22(19)38(23)2)37-26(39)21-11-17(14-35-24(21)25(30)31)15-36-27(40)28(9-10-28)29(32,33)34/h3-8,11-14,25H,9-10,15H2,1-2H3,(H,36,40)(H,37,39). The third kappa shape index (κ3) is 5.03. The topological polar surface area (TPSA) is 76.0 Å². The molecule has 2 aromatic carbocycles. The second-order valence-corrected chi connectivity index (χ2v) is 10.0. The van der Waals surface area contributed by atoms with E-state index in [0.29, 0.717) is 5.69 Å². The number of benzene rings is 2. The summed E-state index contributed by atoms with van der Waals surface area (Å²) in [5, 5.41) is 5.62. The second kappa shape index (κ2) is 10.0. The number of nitrogens with one attached hydrogen (secondary N) is 2. The predicted octanol–water partition coefficient (Wildman–Crippen LogP) is 6.70. The molecule has 0 atom stereocenters. The molecular weight excluding hydrogens is 531 g/mol. The number of aromatic nitrogens is 2. The molecule has 0 aliphatic heterocycles. The van der Waals surface area contributed by atoms with E-state index in [1.165, 1.54) is 0 Å². The first-order valence-corrected chi connectivity index (χ1v) is 12.5. The molecule has 1 fully saturated rings. The van der Waals surface area contributed by atoms with Gasteiger partial charge in [-0.25, -0.2) is 8.78 Å². The van der Waals surface area contributed by atoms with Gasteiger partial charge in [-0.3, -0.25) is 14.6 Å². The van der Waals surface area contributed by atoms with Crippen LogP contribution in [0.4, 0.5) is 27.6 Å². The lowest BCUT2D eigenvalue weighted by Gasteiger charge is -2.18. The van der Waals surface area contributed by atoms with Crippen molar-refractivity contribution in [3.63, 3.8) is 0 Å². The first-order chi connectivity index (χ1) is 18.9. The maximum absolute atomic E-state index is 13.7. The van der Waals surface area contributed by atoms with Crippen LogP contribution in [0.5, 0.6) is 0 Å². The summed E-state index contributed by atoms with van der Waals surface area (Å²) in [6.45, 7) is 1.60. The second-order valence-electron chi connectivity index (χ2n) is 10.0. The van der Waals surface area contributed by atoms with Crippen molar-refractivity contribution in [3.8, 4) is 11.3 Å². The van der Waals surface area contributed by atoms with E-state index in [9.17, 15) is 31.5 Å². The lowest BCUT2D eigenvalue weighted by molar-refractivity contribution is -0.192. The van der Waals surface area contributed by atoms with E-state index in [-0.39, 0.29) is 18.4 Å². The molecule has 2 aromatic heterocycles. The van der Waals surface area contributed by atoms with Crippen molar-refractivity contribution >= 4 is 28.4 Å². The Morgan fingerprint density at radius 3 is 2.38 bits per heavy atom. The van der Waals surface area contributed by atoms with Gasteiger partial charge in [0.1, 0.15) is 11.1 Å². The predicted molar refractivity (Wildman–Crippen MR) is 140 cm³/mol. The molecule has 2 heterocycles. The fourth-order valence-corrected chi connectivity index (χ4v) is 4.71. The molecule has 0 radical (unpaired) electrons. The highest BCUT2D eigenvalue weighted by Gasteiger charge is 2.68. The molecule has 0 unspecified atom stereocenters. The highest BCUT2D eigenvalue weighted by Crippen LogP contribution is 2.57. The molecule has 6 nitrogen and oxygen atoms in total. The molecule has 2 amide bonds. The van der Waals surface area contributed by atoms with Gasteiger partial charge in [0.15, 0.2) is 0 Å². The van der Waals surface area contributed by atoms with Crippen molar-refractivity contribution in [2.75, 3.05) is 5.32 Å². The number of amides is 2. The molecule has 5 rings (SSSR count). The molecule has 1 aliphatic rings. The number of hydrogen-bond acceptors (Lipinski definition) is 3. The number of pyridine rings is 1. The van der Waals surface area contributed by atoms with Crippen LogP contribution in [-0.4, -0.2) is 27.5 Å². The van der Waals surface area contributed by atoms with Crippen molar-refractivity contribution in [2.45, 2.75) is 38.9 Å². The van der Waals surface area contributed by atoms with Crippen LogP contribution in [0, 0.1) is 12.3 Å². The summed E-state index contributed by atoms with van der Waals surface area (Å²) < 4.78 is 69.0. The zero-order chi connectivity index (χ0) is 28.8. The minimum atomic E-state index is -4.68. The molecule has 0 bridgehead atoms. The number of carbonyl (C=O) groups excluding carboxylic acids is 2. The lowest BCUT2D eigenvalue weighted by Crippen LogP contribution is -2.41. The third-order valence-electron chi connectivity index (χ3n) is 7.25. The number of alkyl halides is 5. The number of halogens is 5. The molecule has 0 spiro atoms. The summed E-state index contributed by atoms with van der Waals surface area (Å²) in [6, 6.07) is 16.3. The summed E-state index contributed by atoms with van der Waals surface area (Å²) >= 11 is 0. The van der Waals surface area contributed by atoms with Gasteiger partial charge in [0, 0.05) is 42.1 Å². The highest BCUT2D eigenvalue weighted by molar-refractivity contribution is 6.06. The van der Waals surface area contributed by atoms with Crippen LogP contribution in [0.2, 0.25) is 0 Å². The smallest absolute Gasteiger partial charge is 0.351 e. The zero-order valence-corrected chi connectivity index (χ0v) is 21.6. The van der Waals surface area contributed by atoms with Crippen molar-refractivity contribution in [1.82, 2.24) is 14.9 Å². The Morgan fingerprint density at radius 1 is 1.05 bits per heavy atom. The van der Waals surface area contributed by atoms with E-state index in [1.54, 1.807) is 18.2 Å². The fraction of sp³-hybridized carbons (Fsp3) is 0.276. The van der Waals surface area contributed by atoms with Crippen molar-refractivity contribution in [1.29, 1.82) is 0 Å². The molecule has 1 aliphatic carbocycles. The van der Waals surface area contributed by atoms with Gasteiger partial charge >= 0.3 is 6.18 Å². The van der Waals surface area contributed by atoms with Gasteiger partial charge in [0.2, 0.25) is 5.91 Å². The average molecular weight is 557 g/mol. The summed E-state index contributed by atoms with van der Waals surface area (Å²) in [4.78, 5) is 28.9. The first-order valence-electron chi connectivity index (χ1n) is 12.5. The van der Waals surface area contributed by atoms with Gasteiger partial charge in [0.05, 0.1) is 5.56 Å². The maximum Gasteiger partial charge on any atom is 0.403 e. The number of hydrogen-bond donors (Lipinski definition) is 2.